The number of carbonyl (C=O) groups is 6. The maximum absolute atomic E-state index is 13.1. The Morgan fingerprint density at radius 3 is 1.84 bits per heavy atom. The first-order valence-electron chi connectivity index (χ1n) is 11.0. The Kier molecular flexibility index (Phi) is 8.28. The second-order valence-electron chi connectivity index (χ2n) is 8.07. The van der Waals surface area contributed by atoms with E-state index < -0.39 is 84.3 Å². The van der Waals surface area contributed by atoms with Crippen molar-refractivity contribution in [2.45, 2.75) is 58.4 Å². The number of rotatable bonds is 7. The third-order valence-electron chi connectivity index (χ3n) is 5.23. The van der Waals surface area contributed by atoms with E-state index in [0.29, 0.717) is 0 Å². The van der Waals surface area contributed by atoms with E-state index in [1.165, 1.54) is 24.3 Å². The van der Waals surface area contributed by atoms with Crippen LogP contribution >= 0.6 is 0 Å². The van der Waals surface area contributed by atoms with Crippen LogP contribution < -0.4 is 0 Å². The number of allylic oxidation sites excluding steroid dienone is 2. The SMILES string of the molecule is CC(=O)OCC1OC(OC2=C(O)C(=O)c3ccccc3C2=O)C(OC(C)=O)C(OC(C)=O)C1OC(C)=O. The molecule has 1 heterocycles. The van der Waals surface area contributed by atoms with Gasteiger partial charge in [-0.3, -0.25) is 28.8 Å². The van der Waals surface area contributed by atoms with E-state index in [1.54, 1.807) is 0 Å². The Morgan fingerprint density at radius 1 is 0.784 bits per heavy atom. The molecular formula is C24H24O13. The number of aliphatic hydroxyl groups excluding tert-OH is 1. The number of benzene rings is 1. The van der Waals surface area contributed by atoms with E-state index in [2.05, 4.69) is 0 Å². The Hall–Kier alpha value is -4.26. The number of hydrogen-bond acceptors (Lipinski definition) is 13. The van der Waals surface area contributed by atoms with Crippen LogP contribution in [-0.4, -0.2) is 77.9 Å². The second kappa shape index (κ2) is 11.2. The summed E-state index contributed by atoms with van der Waals surface area (Å²) in [5, 5.41) is 10.5. The predicted molar refractivity (Wildman–Crippen MR) is 118 cm³/mol. The maximum Gasteiger partial charge on any atom is 0.303 e. The molecule has 0 radical (unpaired) electrons. The van der Waals surface area contributed by atoms with E-state index in [4.69, 9.17) is 28.4 Å². The van der Waals surface area contributed by atoms with Gasteiger partial charge in [0.05, 0.1) is 0 Å². The van der Waals surface area contributed by atoms with Gasteiger partial charge in [0.15, 0.2) is 12.2 Å². The molecule has 2 aliphatic rings. The summed E-state index contributed by atoms with van der Waals surface area (Å²) in [6.07, 6.45) is -7.80. The van der Waals surface area contributed by atoms with E-state index >= 15 is 0 Å². The molecule has 1 N–H and O–H groups in total. The molecule has 0 amide bonds. The lowest BCUT2D eigenvalue weighted by molar-refractivity contribution is -0.299. The zero-order valence-corrected chi connectivity index (χ0v) is 20.2. The first kappa shape index (κ1) is 27.3. The zero-order valence-electron chi connectivity index (χ0n) is 20.2. The van der Waals surface area contributed by atoms with Gasteiger partial charge in [0, 0.05) is 38.8 Å². The molecule has 1 aliphatic heterocycles. The molecule has 198 valence electrons. The summed E-state index contributed by atoms with van der Waals surface area (Å²) in [4.78, 5) is 72.8. The van der Waals surface area contributed by atoms with Crippen LogP contribution in [0.3, 0.4) is 0 Å². The molecule has 1 aliphatic carbocycles. The molecular weight excluding hydrogens is 496 g/mol. The molecule has 0 spiro atoms. The standard InChI is InChI=1S/C24H24O13/c1-10(25)32-9-16-20(33-11(2)26)22(34-12(3)27)23(35-13(4)28)24(36-16)37-21-18(30)15-8-6-5-7-14(15)17(29)19(21)31/h5-8,16,20,22-24,31H,9H2,1-4H3. The largest absolute Gasteiger partial charge is 0.501 e. The predicted octanol–water partition coefficient (Wildman–Crippen LogP) is 0.935. The zero-order chi connectivity index (χ0) is 27.4. The van der Waals surface area contributed by atoms with Gasteiger partial charge >= 0.3 is 23.9 Å². The fourth-order valence-corrected chi connectivity index (χ4v) is 3.85. The summed E-state index contributed by atoms with van der Waals surface area (Å²) >= 11 is 0. The highest BCUT2D eigenvalue weighted by Gasteiger charge is 2.54. The second-order valence-corrected chi connectivity index (χ2v) is 8.07. The molecule has 13 heteroatoms. The molecule has 1 saturated heterocycles. The lowest BCUT2D eigenvalue weighted by atomic mass is 9.92. The first-order valence-corrected chi connectivity index (χ1v) is 11.0. The fourth-order valence-electron chi connectivity index (χ4n) is 3.85. The van der Waals surface area contributed by atoms with Gasteiger partial charge in [0.25, 0.3) is 0 Å². The Morgan fingerprint density at radius 2 is 1.30 bits per heavy atom. The summed E-state index contributed by atoms with van der Waals surface area (Å²) in [5.41, 5.74) is -0.121. The van der Waals surface area contributed by atoms with Gasteiger partial charge < -0.3 is 33.5 Å². The topological polar surface area (TPSA) is 178 Å². The van der Waals surface area contributed by atoms with Gasteiger partial charge in [-0.2, -0.15) is 0 Å². The third kappa shape index (κ3) is 6.12. The van der Waals surface area contributed by atoms with Crippen molar-refractivity contribution in [2.75, 3.05) is 6.61 Å². The van der Waals surface area contributed by atoms with Gasteiger partial charge in [0.2, 0.25) is 35.5 Å². The number of Topliss-reactive ketones (excluding diaryl/α,β-unsaturated/α-hetero) is 2. The number of ketones is 2. The summed E-state index contributed by atoms with van der Waals surface area (Å²) in [5.74, 6) is -6.94. The normalized spacial score (nSPS) is 25.0. The van der Waals surface area contributed by atoms with E-state index in [-0.39, 0.29) is 11.1 Å². The average Bonchev–Trinajstić information content (AvgIpc) is 2.81. The van der Waals surface area contributed by atoms with Crippen LogP contribution in [0.4, 0.5) is 0 Å². The van der Waals surface area contributed by atoms with Crippen molar-refractivity contribution < 1.29 is 62.3 Å². The lowest BCUT2D eigenvalue weighted by Crippen LogP contribution is -2.63. The molecule has 0 aromatic heterocycles. The van der Waals surface area contributed by atoms with Gasteiger partial charge in [-0.1, -0.05) is 24.3 Å². The van der Waals surface area contributed by atoms with Crippen LogP contribution in [0.2, 0.25) is 0 Å². The molecule has 0 bridgehead atoms. The van der Waals surface area contributed by atoms with Crippen LogP contribution in [0, 0.1) is 0 Å². The minimum absolute atomic E-state index is 0.0566. The molecule has 3 rings (SSSR count). The number of hydrogen-bond donors (Lipinski definition) is 1. The minimum Gasteiger partial charge on any atom is -0.501 e. The molecule has 5 unspecified atom stereocenters. The van der Waals surface area contributed by atoms with E-state index in [9.17, 15) is 33.9 Å². The monoisotopic (exact) mass is 520 g/mol. The van der Waals surface area contributed by atoms with Crippen LogP contribution in [0.5, 0.6) is 0 Å². The van der Waals surface area contributed by atoms with Crippen molar-refractivity contribution >= 4 is 35.4 Å². The quantitative estimate of drug-likeness (QED) is 0.397. The van der Waals surface area contributed by atoms with Crippen molar-refractivity contribution in [2.24, 2.45) is 0 Å². The molecule has 13 nitrogen and oxygen atoms in total. The van der Waals surface area contributed by atoms with Crippen LogP contribution in [-0.2, 0) is 47.6 Å². The summed E-state index contributed by atoms with van der Waals surface area (Å²) in [6.45, 7) is 3.70. The van der Waals surface area contributed by atoms with Crippen molar-refractivity contribution in [3.8, 4) is 0 Å². The van der Waals surface area contributed by atoms with Gasteiger partial charge in [-0.05, 0) is 0 Å². The van der Waals surface area contributed by atoms with E-state index in [1.807, 2.05) is 0 Å². The Bertz CT molecular complexity index is 1170. The lowest BCUT2D eigenvalue weighted by Gasteiger charge is -2.44. The average molecular weight is 520 g/mol. The molecule has 1 aromatic rings. The van der Waals surface area contributed by atoms with Crippen LogP contribution in [0.25, 0.3) is 0 Å². The molecule has 37 heavy (non-hydrogen) atoms. The van der Waals surface area contributed by atoms with Crippen molar-refractivity contribution in [1.29, 1.82) is 0 Å². The third-order valence-corrected chi connectivity index (χ3v) is 5.23. The molecule has 0 saturated carbocycles. The van der Waals surface area contributed by atoms with Gasteiger partial charge in [-0.25, -0.2) is 0 Å². The van der Waals surface area contributed by atoms with Crippen LogP contribution in [0.15, 0.2) is 35.8 Å². The Labute approximate surface area is 210 Å². The smallest absolute Gasteiger partial charge is 0.303 e. The van der Waals surface area contributed by atoms with Crippen LogP contribution in [0.1, 0.15) is 48.4 Å². The van der Waals surface area contributed by atoms with Crippen molar-refractivity contribution in [3.05, 3.63) is 46.9 Å². The van der Waals surface area contributed by atoms with Gasteiger partial charge in [0.1, 0.15) is 12.7 Å². The summed E-state index contributed by atoms with van der Waals surface area (Å²) in [7, 11) is 0. The highest BCUT2D eigenvalue weighted by Crippen LogP contribution is 2.33. The molecule has 5 atom stereocenters. The molecule has 1 aromatic carbocycles. The number of aliphatic hydroxyl groups is 1. The first-order chi connectivity index (χ1) is 17.4. The van der Waals surface area contributed by atoms with E-state index in [0.717, 1.165) is 27.7 Å². The number of ether oxygens (including phenoxy) is 6. The summed E-state index contributed by atoms with van der Waals surface area (Å²) in [6, 6.07) is 5.69. The number of esters is 4. The van der Waals surface area contributed by atoms with Crippen molar-refractivity contribution in [3.63, 3.8) is 0 Å². The summed E-state index contributed by atoms with van der Waals surface area (Å²) < 4.78 is 32.1. The number of fused-ring (bicyclic) bond motifs is 1. The highest BCUT2D eigenvalue weighted by molar-refractivity contribution is 6.25. The van der Waals surface area contributed by atoms with Gasteiger partial charge in [-0.15, -0.1) is 0 Å². The minimum atomic E-state index is -1.79. The Balaban J connectivity index is 2.06. The highest BCUT2D eigenvalue weighted by atomic mass is 16.7. The van der Waals surface area contributed by atoms with Crippen molar-refractivity contribution in [1.82, 2.24) is 0 Å². The maximum atomic E-state index is 13.1. The molecule has 1 fully saturated rings. The fraction of sp³-hybridized carbons (Fsp3) is 0.417. The number of carbonyl (C=O) groups excluding carboxylic acids is 6.